The lowest BCUT2D eigenvalue weighted by Gasteiger charge is -2.24. The predicted molar refractivity (Wildman–Crippen MR) is 83.1 cm³/mol. The van der Waals surface area contributed by atoms with Crippen LogP contribution in [0, 0.1) is 6.92 Å². The Hall–Kier alpha value is -0.950. The number of aryl methyl sites for hydroxylation is 1. The van der Waals surface area contributed by atoms with Gasteiger partial charge >= 0.3 is 0 Å². The van der Waals surface area contributed by atoms with Crippen LogP contribution in [0.4, 0.5) is 0 Å². The van der Waals surface area contributed by atoms with Crippen molar-refractivity contribution in [2.24, 2.45) is 0 Å². The molecule has 1 aliphatic rings. The third-order valence-corrected chi connectivity index (χ3v) is 5.31. The molecule has 6 heteroatoms. The minimum Gasteiger partial charge on any atom is -0.347 e. The SMILES string of the molecule is CCC1(CC)OCC(CCOS(=O)(=O)c2ccc(C)cc2)O1. The third-order valence-electron chi connectivity index (χ3n) is 3.98. The molecule has 1 aromatic rings. The molecular weight excluding hydrogens is 304 g/mol. The van der Waals surface area contributed by atoms with Gasteiger partial charge in [-0.05, 0) is 31.9 Å². The van der Waals surface area contributed by atoms with Crippen LogP contribution in [-0.4, -0.2) is 33.5 Å². The quantitative estimate of drug-likeness (QED) is 0.720. The van der Waals surface area contributed by atoms with Crippen LogP contribution in [0.3, 0.4) is 0 Å². The predicted octanol–water partition coefficient (Wildman–Crippen LogP) is 3.02. The summed E-state index contributed by atoms with van der Waals surface area (Å²) in [4.78, 5) is 0.179. The Balaban J connectivity index is 1.85. The van der Waals surface area contributed by atoms with Gasteiger partial charge in [0.1, 0.15) is 0 Å². The molecule has 0 amide bonds. The van der Waals surface area contributed by atoms with E-state index in [0.29, 0.717) is 13.0 Å². The first-order chi connectivity index (χ1) is 10.4. The lowest BCUT2D eigenvalue weighted by Crippen LogP contribution is -2.29. The van der Waals surface area contributed by atoms with Crippen LogP contribution < -0.4 is 0 Å². The van der Waals surface area contributed by atoms with Crippen molar-refractivity contribution in [1.82, 2.24) is 0 Å². The average Bonchev–Trinajstić information content (AvgIpc) is 2.92. The minimum atomic E-state index is -3.70. The highest BCUT2D eigenvalue weighted by molar-refractivity contribution is 7.86. The molecule has 1 aromatic carbocycles. The normalized spacial score (nSPS) is 21.1. The van der Waals surface area contributed by atoms with Crippen molar-refractivity contribution in [2.75, 3.05) is 13.2 Å². The Kier molecular flexibility index (Phi) is 5.60. The van der Waals surface area contributed by atoms with E-state index in [9.17, 15) is 8.42 Å². The summed E-state index contributed by atoms with van der Waals surface area (Å²) in [6.45, 7) is 6.51. The van der Waals surface area contributed by atoms with Gasteiger partial charge in [0.25, 0.3) is 10.1 Å². The molecule has 0 bridgehead atoms. The summed E-state index contributed by atoms with van der Waals surface area (Å²) in [5, 5.41) is 0. The average molecular weight is 328 g/mol. The number of rotatable bonds is 7. The molecule has 22 heavy (non-hydrogen) atoms. The van der Waals surface area contributed by atoms with E-state index in [1.54, 1.807) is 24.3 Å². The van der Waals surface area contributed by atoms with Crippen molar-refractivity contribution in [3.8, 4) is 0 Å². The van der Waals surface area contributed by atoms with Crippen LogP contribution >= 0.6 is 0 Å². The molecule has 0 N–H and O–H groups in total. The summed E-state index contributed by atoms with van der Waals surface area (Å²) in [7, 11) is -3.70. The zero-order valence-corrected chi connectivity index (χ0v) is 14.2. The van der Waals surface area contributed by atoms with Gasteiger partial charge in [-0.25, -0.2) is 0 Å². The fourth-order valence-corrected chi connectivity index (χ4v) is 3.36. The second-order valence-corrected chi connectivity index (χ2v) is 7.16. The van der Waals surface area contributed by atoms with Crippen LogP contribution in [0.1, 0.15) is 38.7 Å². The van der Waals surface area contributed by atoms with Gasteiger partial charge in [0.2, 0.25) is 0 Å². The van der Waals surface area contributed by atoms with E-state index in [2.05, 4.69) is 0 Å². The highest BCUT2D eigenvalue weighted by Crippen LogP contribution is 2.31. The highest BCUT2D eigenvalue weighted by Gasteiger charge is 2.38. The van der Waals surface area contributed by atoms with Gasteiger partial charge in [-0.15, -0.1) is 0 Å². The highest BCUT2D eigenvalue weighted by atomic mass is 32.2. The van der Waals surface area contributed by atoms with E-state index < -0.39 is 15.9 Å². The number of hydrogen-bond donors (Lipinski definition) is 0. The monoisotopic (exact) mass is 328 g/mol. The molecule has 0 aliphatic carbocycles. The molecule has 1 unspecified atom stereocenters. The lowest BCUT2D eigenvalue weighted by molar-refractivity contribution is -0.172. The molecule has 124 valence electrons. The molecule has 0 aromatic heterocycles. The lowest BCUT2D eigenvalue weighted by atomic mass is 10.1. The van der Waals surface area contributed by atoms with Gasteiger partial charge in [-0.1, -0.05) is 31.5 Å². The van der Waals surface area contributed by atoms with Crippen molar-refractivity contribution >= 4 is 10.1 Å². The summed E-state index contributed by atoms with van der Waals surface area (Å²) in [5.74, 6) is -0.513. The fraction of sp³-hybridized carbons (Fsp3) is 0.625. The first kappa shape index (κ1) is 17.4. The number of ether oxygens (including phenoxy) is 2. The third kappa shape index (κ3) is 4.07. The molecule has 2 rings (SSSR count). The second kappa shape index (κ2) is 7.08. The molecule has 0 saturated carbocycles. The van der Waals surface area contributed by atoms with E-state index in [4.69, 9.17) is 13.7 Å². The summed E-state index contributed by atoms with van der Waals surface area (Å²) in [6, 6.07) is 6.61. The molecular formula is C16H24O5S. The van der Waals surface area contributed by atoms with Gasteiger partial charge in [-0.2, -0.15) is 8.42 Å². The van der Waals surface area contributed by atoms with Crippen LogP contribution in [-0.2, 0) is 23.8 Å². The van der Waals surface area contributed by atoms with Gasteiger partial charge in [0, 0.05) is 6.42 Å². The van der Waals surface area contributed by atoms with Gasteiger partial charge in [-0.3, -0.25) is 4.18 Å². The van der Waals surface area contributed by atoms with Crippen LogP contribution in [0.25, 0.3) is 0 Å². The minimum absolute atomic E-state index is 0.0910. The maximum atomic E-state index is 12.1. The van der Waals surface area contributed by atoms with E-state index in [1.165, 1.54) is 0 Å². The summed E-state index contributed by atoms with van der Waals surface area (Å²) >= 11 is 0. The maximum Gasteiger partial charge on any atom is 0.296 e. The van der Waals surface area contributed by atoms with Gasteiger partial charge < -0.3 is 9.47 Å². The topological polar surface area (TPSA) is 61.8 Å². The first-order valence-electron chi connectivity index (χ1n) is 7.68. The Bertz CT molecular complexity index is 575. The van der Waals surface area contributed by atoms with Crippen LogP contribution in [0.5, 0.6) is 0 Å². The molecule has 1 heterocycles. The zero-order chi connectivity index (χ0) is 16.2. The van der Waals surface area contributed by atoms with E-state index >= 15 is 0 Å². The fourth-order valence-electron chi connectivity index (χ4n) is 2.44. The molecule has 5 nitrogen and oxygen atoms in total. The van der Waals surface area contributed by atoms with E-state index in [1.807, 2.05) is 20.8 Å². The summed E-state index contributed by atoms with van der Waals surface area (Å²) in [6.07, 6.45) is 1.94. The largest absolute Gasteiger partial charge is 0.347 e. The van der Waals surface area contributed by atoms with Crippen LogP contribution in [0.2, 0.25) is 0 Å². The zero-order valence-electron chi connectivity index (χ0n) is 13.4. The Morgan fingerprint density at radius 1 is 1.23 bits per heavy atom. The Labute approximate surface area is 132 Å². The molecule has 0 spiro atoms. The second-order valence-electron chi connectivity index (χ2n) is 5.55. The van der Waals surface area contributed by atoms with Crippen molar-refractivity contribution < 1.29 is 22.1 Å². The summed E-state index contributed by atoms with van der Waals surface area (Å²) < 4.78 is 40.8. The summed E-state index contributed by atoms with van der Waals surface area (Å²) in [5.41, 5.74) is 1.01. The smallest absolute Gasteiger partial charge is 0.296 e. The number of hydrogen-bond acceptors (Lipinski definition) is 5. The van der Waals surface area contributed by atoms with Crippen molar-refractivity contribution in [1.29, 1.82) is 0 Å². The van der Waals surface area contributed by atoms with Crippen molar-refractivity contribution in [2.45, 2.75) is 56.8 Å². The molecule has 1 saturated heterocycles. The Morgan fingerprint density at radius 3 is 2.41 bits per heavy atom. The number of benzene rings is 1. The van der Waals surface area contributed by atoms with E-state index in [-0.39, 0.29) is 17.6 Å². The van der Waals surface area contributed by atoms with Crippen LogP contribution in [0.15, 0.2) is 29.2 Å². The molecule has 0 radical (unpaired) electrons. The van der Waals surface area contributed by atoms with Crippen molar-refractivity contribution in [3.63, 3.8) is 0 Å². The Morgan fingerprint density at radius 2 is 1.86 bits per heavy atom. The molecule has 1 fully saturated rings. The molecule has 1 atom stereocenters. The molecule has 1 aliphatic heterocycles. The van der Waals surface area contributed by atoms with Gasteiger partial charge in [0.15, 0.2) is 5.79 Å². The first-order valence-corrected chi connectivity index (χ1v) is 9.09. The maximum absolute atomic E-state index is 12.1. The standard InChI is InChI=1S/C16H24O5S/c1-4-16(5-2)19-12-14(21-16)10-11-20-22(17,18)15-8-6-13(3)7-9-15/h6-9,14H,4-5,10-12H2,1-3H3. The van der Waals surface area contributed by atoms with E-state index in [0.717, 1.165) is 18.4 Å². The van der Waals surface area contributed by atoms with Gasteiger partial charge in [0.05, 0.1) is 24.2 Å². The van der Waals surface area contributed by atoms with Crippen molar-refractivity contribution in [3.05, 3.63) is 29.8 Å².